The van der Waals surface area contributed by atoms with Gasteiger partial charge in [0.15, 0.2) is 0 Å². The lowest BCUT2D eigenvalue weighted by molar-refractivity contribution is -0.119. The van der Waals surface area contributed by atoms with Crippen molar-refractivity contribution in [2.45, 2.75) is 13.0 Å². The smallest absolute Gasteiger partial charge is 0.335 e. The summed E-state index contributed by atoms with van der Waals surface area (Å²) in [7, 11) is 1.50. The topological polar surface area (TPSA) is 98.7 Å². The van der Waals surface area contributed by atoms with E-state index in [2.05, 4.69) is 10.6 Å². The van der Waals surface area contributed by atoms with Gasteiger partial charge in [-0.1, -0.05) is 12.1 Å². The summed E-state index contributed by atoms with van der Waals surface area (Å²) in [5.74, 6) is -1.22. The minimum Gasteiger partial charge on any atom is -0.478 e. The Labute approximate surface area is 121 Å². The van der Waals surface area contributed by atoms with E-state index in [9.17, 15) is 14.4 Å². The van der Waals surface area contributed by atoms with Crippen LogP contribution in [-0.4, -0.2) is 48.1 Å². The van der Waals surface area contributed by atoms with Gasteiger partial charge in [0, 0.05) is 20.1 Å². The van der Waals surface area contributed by atoms with Crippen LogP contribution < -0.4 is 10.6 Å². The zero-order valence-electron chi connectivity index (χ0n) is 11.7. The number of rotatable bonds is 3. The molecule has 7 heteroatoms. The van der Waals surface area contributed by atoms with Gasteiger partial charge in [-0.05, 0) is 23.6 Å². The highest BCUT2D eigenvalue weighted by molar-refractivity contribution is 5.90. The Morgan fingerprint density at radius 1 is 1.33 bits per heavy atom. The number of likely N-dealkylation sites (N-methyl/N-ethyl adjacent to an activating group) is 1. The first-order chi connectivity index (χ1) is 10.0. The molecular formula is C14H17N3O4. The third-order valence-electron chi connectivity index (χ3n) is 3.46. The quantitative estimate of drug-likeness (QED) is 0.740. The van der Waals surface area contributed by atoms with Gasteiger partial charge in [0.1, 0.15) is 0 Å². The lowest BCUT2D eigenvalue weighted by Crippen LogP contribution is -2.45. The first-order valence-electron chi connectivity index (χ1n) is 6.60. The summed E-state index contributed by atoms with van der Waals surface area (Å²) in [6.45, 7) is 0.695. The van der Waals surface area contributed by atoms with Gasteiger partial charge in [-0.3, -0.25) is 4.79 Å². The largest absolute Gasteiger partial charge is 0.478 e. The fourth-order valence-electron chi connectivity index (χ4n) is 2.34. The predicted octanol–water partition coefficient (Wildman–Crippen LogP) is 0.199. The predicted molar refractivity (Wildman–Crippen MR) is 75.0 cm³/mol. The number of amides is 3. The molecule has 1 aromatic carbocycles. The van der Waals surface area contributed by atoms with Crippen LogP contribution in [-0.2, 0) is 17.8 Å². The minimum absolute atomic E-state index is 0.0755. The van der Waals surface area contributed by atoms with E-state index >= 15 is 0 Å². The summed E-state index contributed by atoms with van der Waals surface area (Å²) in [5.41, 5.74) is 1.90. The van der Waals surface area contributed by atoms with Crippen LogP contribution >= 0.6 is 0 Å². The average molecular weight is 291 g/mol. The van der Waals surface area contributed by atoms with Crippen molar-refractivity contribution >= 4 is 17.9 Å². The lowest BCUT2D eigenvalue weighted by Gasteiger charge is -2.29. The zero-order valence-corrected chi connectivity index (χ0v) is 11.7. The van der Waals surface area contributed by atoms with Crippen molar-refractivity contribution < 1.29 is 19.5 Å². The Bertz CT molecular complexity index is 586. The zero-order chi connectivity index (χ0) is 15.4. The molecule has 1 aliphatic heterocycles. The van der Waals surface area contributed by atoms with E-state index in [4.69, 9.17) is 5.11 Å². The molecule has 21 heavy (non-hydrogen) atoms. The van der Waals surface area contributed by atoms with E-state index in [-0.39, 0.29) is 24.0 Å². The molecule has 0 spiro atoms. The molecular weight excluding hydrogens is 274 g/mol. The molecule has 112 valence electrons. The van der Waals surface area contributed by atoms with Crippen LogP contribution in [0.4, 0.5) is 4.79 Å². The summed E-state index contributed by atoms with van der Waals surface area (Å²) in [5, 5.41) is 14.1. The average Bonchev–Trinajstić information content (AvgIpc) is 2.50. The second-order valence-electron chi connectivity index (χ2n) is 4.75. The molecule has 0 fully saturated rings. The molecule has 1 aliphatic rings. The second-order valence-corrected chi connectivity index (χ2v) is 4.75. The normalized spacial score (nSPS) is 13.3. The second kappa shape index (κ2) is 6.25. The number of hydrogen-bond acceptors (Lipinski definition) is 3. The fraction of sp³-hybridized carbons (Fsp3) is 0.357. The Kier molecular flexibility index (Phi) is 4.42. The van der Waals surface area contributed by atoms with E-state index in [1.807, 2.05) is 6.07 Å². The summed E-state index contributed by atoms with van der Waals surface area (Å²) in [4.78, 5) is 35.8. The van der Waals surface area contributed by atoms with Crippen LogP contribution in [0.1, 0.15) is 21.5 Å². The highest BCUT2D eigenvalue weighted by Gasteiger charge is 2.24. The number of urea groups is 1. The van der Waals surface area contributed by atoms with Gasteiger partial charge in [-0.25, -0.2) is 9.59 Å². The molecule has 0 saturated carbocycles. The Morgan fingerprint density at radius 3 is 2.76 bits per heavy atom. The molecule has 0 radical (unpaired) electrons. The van der Waals surface area contributed by atoms with Crippen molar-refractivity contribution in [1.29, 1.82) is 0 Å². The van der Waals surface area contributed by atoms with Gasteiger partial charge in [-0.15, -0.1) is 0 Å². The highest BCUT2D eigenvalue weighted by atomic mass is 16.4. The Hall–Kier alpha value is -2.57. The van der Waals surface area contributed by atoms with Crippen molar-refractivity contribution in [1.82, 2.24) is 15.5 Å². The Balaban J connectivity index is 2.06. The highest BCUT2D eigenvalue weighted by Crippen LogP contribution is 2.22. The third kappa shape index (κ3) is 3.31. The van der Waals surface area contributed by atoms with Gasteiger partial charge < -0.3 is 20.6 Å². The van der Waals surface area contributed by atoms with Gasteiger partial charge >= 0.3 is 12.0 Å². The van der Waals surface area contributed by atoms with Crippen molar-refractivity contribution in [3.8, 4) is 0 Å². The molecule has 0 unspecified atom stereocenters. The molecule has 0 atom stereocenters. The maximum atomic E-state index is 12.0. The summed E-state index contributed by atoms with van der Waals surface area (Å²) >= 11 is 0. The number of hydrogen-bond donors (Lipinski definition) is 3. The molecule has 0 bridgehead atoms. The summed E-state index contributed by atoms with van der Waals surface area (Å²) in [6.07, 6.45) is 0.491. The number of carboxylic acid groups (broad SMARTS) is 1. The first kappa shape index (κ1) is 14.8. The van der Waals surface area contributed by atoms with Gasteiger partial charge in [0.25, 0.3) is 0 Å². The van der Waals surface area contributed by atoms with Crippen molar-refractivity contribution in [3.63, 3.8) is 0 Å². The number of benzene rings is 1. The minimum atomic E-state index is -0.954. The molecule has 3 N–H and O–H groups in total. The number of nitrogens with zero attached hydrogens (tertiary/aromatic N) is 1. The number of fused-ring (bicyclic) bond motifs is 1. The SMILES string of the molecule is CNC(=O)CNC(=O)N1CCc2c(cccc2C(=O)O)C1. The van der Waals surface area contributed by atoms with E-state index in [0.29, 0.717) is 19.5 Å². The monoisotopic (exact) mass is 291 g/mol. The van der Waals surface area contributed by atoms with E-state index in [1.165, 1.54) is 7.05 Å². The Morgan fingerprint density at radius 2 is 2.10 bits per heavy atom. The number of nitrogens with one attached hydrogen (secondary N) is 2. The molecule has 1 aromatic rings. The van der Waals surface area contributed by atoms with E-state index < -0.39 is 5.97 Å². The standard InChI is InChI=1S/C14H17N3O4/c1-15-12(18)7-16-14(21)17-6-5-10-9(8-17)3-2-4-11(10)13(19)20/h2-4H,5-8H2,1H3,(H,15,18)(H,16,21)(H,19,20). The van der Waals surface area contributed by atoms with Gasteiger partial charge in [0.05, 0.1) is 12.1 Å². The molecule has 3 amide bonds. The van der Waals surface area contributed by atoms with Crippen LogP contribution in [0.2, 0.25) is 0 Å². The molecule has 0 aliphatic carbocycles. The lowest BCUT2D eigenvalue weighted by atomic mass is 9.95. The number of carboxylic acids is 1. The molecule has 7 nitrogen and oxygen atoms in total. The van der Waals surface area contributed by atoms with Crippen LogP contribution in [0.3, 0.4) is 0 Å². The molecule has 1 heterocycles. The van der Waals surface area contributed by atoms with Crippen molar-refractivity contribution in [2.75, 3.05) is 20.1 Å². The van der Waals surface area contributed by atoms with E-state index in [0.717, 1.165) is 11.1 Å². The number of carbonyl (C=O) groups is 3. The summed E-state index contributed by atoms with van der Waals surface area (Å²) in [6, 6.07) is 4.74. The number of carbonyl (C=O) groups excluding carboxylic acids is 2. The van der Waals surface area contributed by atoms with Crippen LogP contribution in [0.5, 0.6) is 0 Å². The maximum absolute atomic E-state index is 12.0. The maximum Gasteiger partial charge on any atom is 0.335 e. The van der Waals surface area contributed by atoms with Crippen molar-refractivity contribution in [3.05, 3.63) is 34.9 Å². The molecule has 2 rings (SSSR count). The molecule has 0 aromatic heterocycles. The van der Waals surface area contributed by atoms with Crippen LogP contribution in [0, 0.1) is 0 Å². The van der Waals surface area contributed by atoms with Crippen molar-refractivity contribution in [2.24, 2.45) is 0 Å². The number of aromatic carboxylic acids is 1. The first-order valence-corrected chi connectivity index (χ1v) is 6.60. The van der Waals surface area contributed by atoms with Gasteiger partial charge in [-0.2, -0.15) is 0 Å². The van der Waals surface area contributed by atoms with E-state index in [1.54, 1.807) is 17.0 Å². The van der Waals surface area contributed by atoms with Crippen LogP contribution in [0.25, 0.3) is 0 Å². The molecule has 0 saturated heterocycles. The van der Waals surface area contributed by atoms with Crippen LogP contribution in [0.15, 0.2) is 18.2 Å². The summed E-state index contributed by atoms with van der Waals surface area (Å²) < 4.78 is 0. The van der Waals surface area contributed by atoms with Gasteiger partial charge in [0.2, 0.25) is 5.91 Å². The third-order valence-corrected chi connectivity index (χ3v) is 3.46. The fourth-order valence-corrected chi connectivity index (χ4v) is 2.34.